The van der Waals surface area contributed by atoms with Crippen molar-refractivity contribution in [3.05, 3.63) is 46.7 Å². The van der Waals surface area contributed by atoms with E-state index < -0.39 is 0 Å². The van der Waals surface area contributed by atoms with Crippen LogP contribution in [0.4, 0.5) is 0 Å². The molecule has 0 unspecified atom stereocenters. The molecule has 0 atom stereocenters. The van der Waals surface area contributed by atoms with Gasteiger partial charge in [0.15, 0.2) is 6.61 Å². The number of aromatic nitrogens is 2. The van der Waals surface area contributed by atoms with Gasteiger partial charge in [0.2, 0.25) is 0 Å². The van der Waals surface area contributed by atoms with E-state index in [1.165, 1.54) is 0 Å². The second-order valence-corrected chi connectivity index (χ2v) is 4.49. The smallest absolute Gasteiger partial charge is 0.258 e. The monoisotopic (exact) mass is 279 g/mol. The predicted octanol–water partition coefficient (Wildman–Crippen LogP) is 2.07. The van der Waals surface area contributed by atoms with E-state index in [2.05, 4.69) is 15.5 Å². The van der Waals surface area contributed by atoms with Crippen molar-refractivity contribution in [3.8, 4) is 5.75 Å². The van der Waals surface area contributed by atoms with Gasteiger partial charge in [-0.15, -0.1) is 0 Å². The van der Waals surface area contributed by atoms with Gasteiger partial charge in [-0.2, -0.15) is 5.10 Å². The predicted molar refractivity (Wildman–Crippen MR) is 72.1 cm³/mol. The molecule has 2 aromatic rings. The maximum atomic E-state index is 11.6. The van der Waals surface area contributed by atoms with Gasteiger partial charge in [0.05, 0.1) is 6.20 Å². The fraction of sp³-hybridized carbons (Fsp3) is 0.231. The number of aromatic amines is 1. The molecule has 0 fully saturated rings. The molecule has 5 nitrogen and oxygen atoms in total. The molecule has 2 rings (SSSR count). The number of amides is 1. The molecule has 0 aliphatic rings. The molecule has 0 spiro atoms. The topological polar surface area (TPSA) is 67.0 Å². The number of nitrogens with zero attached hydrogens (tertiary/aromatic N) is 1. The summed E-state index contributed by atoms with van der Waals surface area (Å²) in [5, 5.41) is 9.88. The summed E-state index contributed by atoms with van der Waals surface area (Å²) in [6.07, 6.45) is 3.38. The Morgan fingerprint density at radius 3 is 3.05 bits per heavy atom. The molecule has 1 amide bonds. The van der Waals surface area contributed by atoms with Crippen LogP contribution in [0, 0.1) is 6.92 Å². The Kier molecular flexibility index (Phi) is 4.41. The summed E-state index contributed by atoms with van der Waals surface area (Å²) in [4.78, 5) is 11.6. The fourth-order valence-corrected chi connectivity index (χ4v) is 1.60. The Hall–Kier alpha value is -2.01. The lowest BCUT2D eigenvalue weighted by molar-refractivity contribution is -0.123. The number of carbonyl (C=O) groups excluding carboxylic acids is 1. The molecule has 2 N–H and O–H groups in total. The fourth-order valence-electron chi connectivity index (χ4n) is 1.48. The average Bonchev–Trinajstić information content (AvgIpc) is 2.91. The maximum absolute atomic E-state index is 11.6. The molecule has 1 aromatic heterocycles. The molecule has 0 saturated carbocycles. The maximum Gasteiger partial charge on any atom is 0.258 e. The minimum absolute atomic E-state index is 0.0288. The SMILES string of the molecule is Cc1cc(OCC(=O)NCc2cn[nH]c2)ccc1Cl. The molecule has 0 aliphatic heterocycles. The van der Waals surface area contributed by atoms with Crippen molar-refractivity contribution in [2.24, 2.45) is 0 Å². The van der Waals surface area contributed by atoms with Crippen molar-refractivity contribution in [2.45, 2.75) is 13.5 Å². The van der Waals surface area contributed by atoms with Crippen LogP contribution < -0.4 is 10.1 Å². The summed E-state index contributed by atoms with van der Waals surface area (Å²) in [6.45, 7) is 2.28. The number of carbonyl (C=O) groups is 1. The van der Waals surface area contributed by atoms with Gasteiger partial charge in [-0.05, 0) is 30.7 Å². The van der Waals surface area contributed by atoms with Crippen LogP contribution in [0.5, 0.6) is 5.75 Å². The van der Waals surface area contributed by atoms with Gasteiger partial charge in [-0.3, -0.25) is 9.89 Å². The lowest BCUT2D eigenvalue weighted by atomic mass is 10.2. The third kappa shape index (κ3) is 3.99. The molecule has 0 radical (unpaired) electrons. The van der Waals surface area contributed by atoms with Crippen molar-refractivity contribution in [1.29, 1.82) is 0 Å². The quantitative estimate of drug-likeness (QED) is 0.880. The number of rotatable bonds is 5. The minimum Gasteiger partial charge on any atom is -0.484 e. The highest BCUT2D eigenvalue weighted by molar-refractivity contribution is 6.31. The number of aryl methyl sites for hydroxylation is 1. The molecular weight excluding hydrogens is 266 g/mol. The van der Waals surface area contributed by atoms with Crippen molar-refractivity contribution in [3.63, 3.8) is 0 Å². The highest BCUT2D eigenvalue weighted by Gasteiger charge is 2.04. The zero-order valence-electron chi connectivity index (χ0n) is 10.4. The van der Waals surface area contributed by atoms with Crippen LogP contribution in [0.15, 0.2) is 30.6 Å². The number of halogens is 1. The number of hydrogen-bond donors (Lipinski definition) is 2. The Bertz CT molecular complexity index is 555. The number of ether oxygens (including phenoxy) is 1. The van der Waals surface area contributed by atoms with E-state index in [0.29, 0.717) is 17.3 Å². The summed E-state index contributed by atoms with van der Waals surface area (Å²) in [5.74, 6) is 0.439. The van der Waals surface area contributed by atoms with E-state index in [1.807, 2.05) is 6.92 Å². The van der Waals surface area contributed by atoms with E-state index in [-0.39, 0.29) is 12.5 Å². The first-order chi connectivity index (χ1) is 9.15. The van der Waals surface area contributed by atoms with Gasteiger partial charge in [0.25, 0.3) is 5.91 Å². The van der Waals surface area contributed by atoms with E-state index in [1.54, 1.807) is 30.6 Å². The van der Waals surface area contributed by atoms with Crippen molar-refractivity contribution < 1.29 is 9.53 Å². The first-order valence-corrected chi connectivity index (χ1v) is 6.16. The van der Waals surface area contributed by atoms with Crippen LogP contribution in [0.1, 0.15) is 11.1 Å². The number of hydrogen-bond acceptors (Lipinski definition) is 3. The molecule has 1 heterocycles. The molecule has 19 heavy (non-hydrogen) atoms. The van der Waals surface area contributed by atoms with Crippen molar-refractivity contribution in [1.82, 2.24) is 15.5 Å². The van der Waals surface area contributed by atoms with Crippen LogP contribution in [-0.4, -0.2) is 22.7 Å². The molecule has 0 aliphatic carbocycles. The molecule has 6 heteroatoms. The summed E-state index contributed by atoms with van der Waals surface area (Å²) >= 11 is 5.91. The standard InChI is InChI=1S/C13H14ClN3O2/c1-9-4-11(2-3-12(9)14)19-8-13(18)15-5-10-6-16-17-7-10/h2-4,6-7H,5,8H2,1H3,(H,15,18)(H,16,17). The second-order valence-electron chi connectivity index (χ2n) is 4.08. The van der Waals surface area contributed by atoms with Gasteiger partial charge < -0.3 is 10.1 Å². The van der Waals surface area contributed by atoms with Crippen LogP contribution in [0.25, 0.3) is 0 Å². The summed E-state index contributed by atoms with van der Waals surface area (Å²) < 4.78 is 5.38. The van der Waals surface area contributed by atoms with Crippen molar-refractivity contribution >= 4 is 17.5 Å². The lowest BCUT2D eigenvalue weighted by Gasteiger charge is -2.08. The van der Waals surface area contributed by atoms with Gasteiger partial charge >= 0.3 is 0 Å². The van der Waals surface area contributed by atoms with Crippen LogP contribution in [0.3, 0.4) is 0 Å². The Balaban J connectivity index is 1.78. The van der Waals surface area contributed by atoms with Gasteiger partial charge in [0, 0.05) is 23.3 Å². The number of benzene rings is 1. The van der Waals surface area contributed by atoms with E-state index in [0.717, 1.165) is 11.1 Å². The highest BCUT2D eigenvalue weighted by Crippen LogP contribution is 2.20. The third-order valence-corrected chi connectivity index (χ3v) is 2.97. The van der Waals surface area contributed by atoms with Gasteiger partial charge in [-0.25, -0.2) is 0 Å². The average molecular weight is 280 g/mol. The van der Waals surface area contributed by atoms with Crippen LogP contribution in [-0.2, 0) is 11.3 Å². The Labute approximate surface area is 115 Å². The largest absolute Gasteiger partial charge is 0.484 e. The van der Waals surface area contributed by atoms with Crippen LogP contribution >= 0.6 is 11.6 Å². The first kappa shape index (κ1) is 13.4. The van der Waals surface area contributed by atoms with E-state index in [9.17, 15) is 4.79 Å². The number of H-pyrrole nitrogens is 1. The molecule has 0 saturated heterocycles. The zero-order chi connectivity index (χ0) is 13.7. The molecule has 100 valence electrons. The lowest BCUT2D eigenvalue weighted by Crippen LogP contribution is -2.28. The molecule has 1 aromatic carbocycles. The highest BCUT2D eigenvalue weighted by atomic mass is 35.5. The summed E-state index contributed by atoms with van der Waals surface area (Å²) in [5.41, 5.74) is 1.83. The first-order valence-electron chi connectivity index (χ1n) is 5.78. The normalized spacial score (nSPS) is 10.2. The van der Waals surface area contributed by atoms with Gasteiger partial charge in [0.1, 0.15) is 5.75 Å². The van der Waals surface area contributed by atoms with E-state index >= 15 is 0 Å². The number of nitrogens with one attached hydrogen (secondary N) is 2. The third-order valence-electron chi connectivity index (χ3n) is 2.54. The van der Waals surface area contributed by atoms with Crippen LogP contribution in [0.2, 0.25) is 5.02 Å². The zero-order valence-corrected chi connectivity index (χ0v) is 11.2. The minimum atomic E-state index is -0.186. The molecular formula is C13H14ClN3O2. The molecule has 0 bridgehead atoms. The Morgan fingerprint density at radius 2 is 2.37 bits per heavy atom. The van der Waals surface area contributed by atoms with Crippen molar-refractivity contribution in [2.75, 3.05) is 6.61 Å². The Morgan fingerprint density at radius 1 is 1.53 bits per heavy atom. The van der Waals surface area contributed by atoms with Gasteiger partial charge in [-0.1, -0.05) is 11.6 Å². The summed E-state index contributed by atoms with van der Waals surface area (Å²) in [6, 6.07) is 5.28. The second kappa shape index (κ2) is 6.24. The summed E-state index contributed by atoms with van der Waals surface area (Å²) in [7, 11) is 0. The van der Waals surface area contributed by atoms with E-state index in [4.69, 9.17) is 16.3 Å².